The molecule has 0 amide bonds. The topological polar surface area (TPSA) is 26.3 Å². The number of fused-ring (bicyclic) bond motifs is 7. The molecule has 2 heteroatoms. The van der Waals surface area contributed by atoms with Gasteiger partial charge in [-0.05, 0) is 22.3 Å². The lowest BCUT2D eigenvalue weighted by molar-refractivity contribution is -0.142. The highest BCUT2D eigenvalue weighted by atomic mass is 16.5. The maximum Gasteiger partial charge on any atom is 0.302 e. The molecule has 2 unspecified atom stereocenters. The van der Waals surface area contributed by atoms with Crippen molar-refractivity contribution >= 4 is 5.97 Å². The molecule has 2 nitrogen and oxygen atoms in total. The minimum absolute atomic E-state index is 0.0963. The van der Waals surface area contributed by atoms with Crippen LogP contribution in [-0.4, -0.2) is 12.6 Å². The van der Waals surface area contributed by atoms with Crippen molar-refractivity contribution < 1.29 is 9.53 Å². The Morgan fingerprint density at radius 1 is 0.952 bits per heavy atom. The first-order valence-corrected chi connectivity index (χ1v) is 7.56. The Morgan fingerprint density at radius 2 is 1.43 bits per heavy atom. The summed E-state index contributed by atoms with van der Waals surface area (Å²) in [5.74, 6) is 1.30. The van der Waals surface area contributed by atoms with Gasteiger partial charge in [-0.15, -0.1) is 0 Å². The van der Waals surface area contributed by atoms with Gasteiger partial charge in [-0.1, -0.05) is 48.5 Å². The van der Waals surface area contributed by atoms with Crippen molar-refractivity contribution in [1.29, 1.82) is 0 Å². The third-order valence-corrected chi connectivity index (χ3v) is 5.73. The smallest absolute Gasteiger partial charge is 0.302 e. The van der Waals surface area contributed by atoms with Crippen molar-refractivity contribution in [2.24, 2.45) is 5.41 Å². The number of ether oxygens (including phenoxy) is 1. The van der Waals surface area contributed by atoms with Gasteiger partial charge in [0.25, 0.3) is 0 Å². The zero-order chi connectivity index (χ0) is 14.2. The molecule has 0 bridgehead atoms. The Hall–Kier alpha value is -2.09. The molecule has 1 fully saturated rings. The average molecular weight is 276 g/mol. The number of carbonyl (C=O) groups is 1. The Balaban J connectivity index is 1.70. The Morgan fingerprint density at radius 3 is 1.90 bits per heavy atom. The summed E-state index contributed by atoms with van der Waals surface area (Å²) < 4.78 is 5.47. The summed E-state index contributed by atoms with van der Waals surface area (Å²) in [6, 6.07) is 17.5. The quantitative estimate of drug-likeness (QED) is 0.784. The van der Waals surface area contributed by atoms with Crippen LogP contribution in [0.2, 0.25) is 0 Å². The average Bonchev–Trinajstić information content (AvgIpc) is 2.99. The summed E-state index contributed by atoms with van der Waals surface area (Å²) in [6.07, 6.45) is 0. The van der Waals surface area contributed by atoms with E-state index in [9.17, 15) is 4.79 Å². The number of esters is 1. The van der Waals surface area contributed by atoms with E-state index in [2.05, 4.69) is 48.5 Å². The zero-order valence-corrected chi connectivity index (χ0v) is 11.9. The first-order valence-electron chi connectivity index (χ1n) is 7.56. The van der Waals surface area contributed by atoms with E-state index in [0.717, 1.165) is 0 Å². The molecule has 0 heterocycles. The van der Waals surface area contributed by atoms with Crippen LogP contribution in [0, 0.1) is 5.41 Å². The van der Waals surface area contributed by atoms with Crippen LogP contribution in [0.25, 0.3) is 0 Å². The van der Waals surface area contributed by atoms with Gasteiger partial charge in [-0.3, -0.25) is 4.79 Å². The van der Waals surface area contributed by atoms with Crippen molar-refractivity contribution in [3.63, 3.8) is 0 Å². The minimum atomic E-state index is -0.172. The van der Waals surface area contributed by atoms with E-state index >= 15 is 0 Å². The highest BCUT2D eigenvalue weighted by Crippen LogP contribution is 2.85. The number of rotatable bonds is 2. The number of hydrogen-bond acceptors (Lipinski definition) is 2. The number of benzene rings is 2. The lowest BCUT2D eigenvalue weighted by atomic mass is 9.85. The molecule has 2 aromatic carbocycles. The van der Waals surface area contributed by atoms with E-state index in [-0.39, 0.29) is 11.4 Å². The molecule has 0 aliphatic heterocycles. The third-order valence-electron chi connectivity index (χ3n) is 5.73. The van der Waals surface area contributed by atoms with E-state index in [1.165, 1.54) is 29.2 Å². The minimum Gasteiger partial charge on any atom is -0.465 e. The van der Waals surface area contributed by atoms with Crippen molar-refractivity contribution in [2.75, 3.05) is 6.61 Å². The predicted octanol–water partition coefficient (Wildman–Crippen LogP) is 3.58. The molecule has 2 aromatic rings. The second kappa shape index (κ2) is 3.56. The van der Waals surface area contributed by atoms with E-state index in [1.54, 1.807) is 0 Å². The summed E-state index contributed by atoms with van der Waals surface area (Å²) in [5.41, 5.74) is 5.91. The first-order chi connectivity index (χ1) is 10.2. The molecule has 3 aliphatic carbocycles. The van der Waals surface area contributed by atoms with Crippen LogP contribution in [0.4, 0.5) is 0 Å². The maximum absolute atomic E-state index is 11.3. The Kier molecular flexibility index (Phi) is 1.96. The molecular formula is C19H16O2. The summed E-state index contributed by atoms with van der Waals surface area (Å²) in [4.78, 5) is 11.3. The second-order valence-corrected chi connectivity index (χ2v) is 6.54. The van der Waals surface area contributed by atoms with Gasteiger partial charge < -0.3 is 4.74 Å². The summed E-state index contributed by atoms with van der Waals surface area (Å²) in [6.45, 7) is 2.05. The molecule has 5 rings (SSSR count). The molecule has 104 valence electrons. The molecule has 2 atom stereocenters. The van der Waals surface area contributed by atoms with Crippen LogP contribution < -0.4 is 0 Å². The van der Waals surface area contributed by atoms with Crippen LogP contribution in [0.15, 0.2) is 48.5 Å². The molecule has 1 saturated carbocycles. The van der Waals surface area contributed by atoms with Crippen molar-refractivity contribution in [2.45, 2.75) is 24.7 Å². The van der Waals surface area contributed by atoms with Gasteiger partial charge in [0, 0.05) is 30.1 Å². The number of hydrogen-bond donors (Lipinski definition) is 0. The van der Waals surface area contributed by atoms with Crippen LogP contribution in [0.5, 0.6) is 0 Å². The fourth-order valence-corrected chi connectivity index (χ4v) is 5.11. The van der Waals surface area contributed by atoms with Gasteiger partial charge in [0.15, 0.2) is 0 Å². The van der Waals surface area contributed by atoms with Gasteiger partial charge >= 0.3 is 5.97 Å². The molecule has 21 heavy (non-hydrogen) atoms. The normalized spacial score (nSPS) is 33.1. The van der Waals surface area contributed by atoms with Crippen molar-refractivity contribution in [1.82, 2.24) is 0 Å². The van der Waals surface area contributed by atoms with Gasteiger partial charge in [0.2, 0.25) is 0 Å². The van der Waals surface area contributed by atoms with Gasteiger partial charge in [-0.2, -0.15) is 0 Å². The van der Waals surface area contributed by atoms with Crippen molar-refractivity contribution in [3.05, 3.63) is 70.8 Å². The molecule has 0 saturated heterocycles. The van der Waals surface area contributed by atoms with E-state index < -0.39 is 0 Å². The predicted molar refractivity (Wildman–Crippen MR) is 79.3 cm³/mol. The number of carbonyl (C=O) groups excluding carboxylic acids is 1. The standard InChI is InChI=1S/C19H16O2/c1-11(20)21-10-19-16-12-6-2-4-8-14(12)17(19)18(19)15-9-5-3-7-13(15)16/h2-9,16-18H,10H2,1H3. The van der Waals surface area contributed by atoms with Gasteiger partial charge in [-0.25, -0.2) is 0 Å². The highest BCUT2D eigenvalue weighted by molar-refractivity contribution is 5.69. The van der Waals surface area contributed by atoms with Crippen LogP contribution >= 0.6 is 0 Å². The maximum atomic E-state index is 11.3. The van der Waals surface area contributed by atoms with Crippen molar-refractivity contribution in [3.8, 4) is 0 Å². The van der Waals surface area contributed by atoms with E-state index in [1.807, 2.05) is 0 Å². The lowest BCUT2D eigenvalue weighted by Gasteiger charge is -2.21. The Labute approximate surface area is 123 Å². The molecule has 0 radical (unpaired) electrons. The van der Waals surface area contributed by atoms with E-state index in [0.29, 0.717) is 24.4 Å². The monoisotopic (exact) mass is 276 g/mol. The van der Waals surface area contributed by atoms with Crippen LogP contribution in [0.3, 0.4) is 0 Å². The molecule has 0 aromatic heterocycles. The fourth-order valence-electron chi connectivity index (χ4n) is 5.11. The third kappa shape index (κ3) is 1.18. The molecule has 3 aliphatic rings. The van der Waals surface area contributed by atoms with Gasteiger partial charge in [0.05, 0.1) is 6.61 Å². The Bertz CT molecular complexity index is 723. The summed E-state index contributed by atoms with van der Waals surface area (Å²) in [5, 5.41) is 0. The lowest BCUT2D eigenvalue weighted by Crippen LogP contribution is -2.19. The fraction of sp³-hybridized carbons (Fsp3) is 0.316. The van der Waals surface area contributed by atoms with E-state index in [4.69, 9.17) is 4.74 Å². The highest BCUT2D eigenvalue weighted by Gasteiger charge is 2.78. The zero-order valence-electron chi connectivity index (χ0n) is 11.9. The summed E-state index contributed by atoms with van der Waals surface area (Å²) in [7, 11) is 0. The second-order valence-electron chi connectivity index (χ2n) is 6.54. The van der Waals surface area contributed by atoms with Gasteiger partial charge in [0.1, 0.15) is 0 Å². The molecule has 0 spiro atoms. The molecular weight excluding hydrogens is 260 g/mol. The SMILES string of the molecule is CC(=O)OCC12C3c4ccccc4C1C2c1ccccc13. The van der Waals surface area contributed by atoms with Crippen LogP contribution in [-0.2, 0) is 9.53 Å². The molecule has 0 N–H and O–H groups in total. The first kappa shape index (κ1) is 11.6. The van der Waals surface area contributed by atoms with Crippen LogP contribution in [0.1, 0.15) is 46.9 Å². The largest absolute Gasteiger partial charge is 0.465 e. The summed E-state index contributed by atoms with van der Waals surface area (Å²) >= 11 is 0.